The van der Waals surface area contributed by atoms with E-state index in [1.54, 1.807) is 0 Å². The van der Waals surface area contributed by atoms with Crippen LogP contribution in [0.3, 0.4) is 0 Å². The Bertz CT molecular complexity index is 526. The Labute approximate surface area is 95.9 Å². The van der Waals surface area contributed by atoms with Crippen LogP contribution in [0.15, 0.2) is 12.1 Å². The van der Waals surface area contributed by atoms with Crippen molar-refractivity contribution >= 4 is 0 Å². The lowest BCUT2D eigenvalue weighted by Gasteiger charge is -2.03. The molecule has 0 aliphatic heterocycles. The molecule has 0 aliphatic rings. The molecule has 0 aliphatic carbocycles. The maximum absolute atomic E-state index is 12.9. The van der Waals surface area contributed by atoms with Gasteiger partial charge in [0.1, 0.15) is 0 Å². The second-order valence-electron chi connectivity index (χ2n) is 3.19. The van der Waals surface area contributed by atoms with Crippen molar-refractivity contribution in [3.63, 3.8) is 0 Å². The molecule has 0 saturated carbocycles. The van der Waals surface area contributed by atoms with Crippen LogP contribution in [0, 0.1) is 35.2 Å². The minimum absolute atomic E-state index is 0.386. The predicted octanol–water partition coefficient (Wildman–Crippen LogP) is 2.98. The first kappa shape index (κ1) is 12.3. The first-order chi connectivity index (χ1) is 8.40. The normalized spacial score (nSPS) is 10.8. The van der Waals surface area contributed by atoms with Crippen molar-refractivity contribution in [3.05, 3.63) is 47.3 Å². The Morgan fingerprint density at radius 1 is 0.611 bits per heavy atom. The van der Waals surface area contributed by atoms with E-state index < -0.39 is 46.6 Å². The average molecular weight is 264 g/mol. The minimum Gasteiger partial charge on any atom is -0.215 e. The molecule has 2 heterocycles. The van der Waals surface area contributed by atoms with Crippen LogP contribution in [0.5, 0.6) is 0 Å². The van der Waals surface area contributed by atoms with Gasteiger partial charge in [0.2, 0.25) is 11.6 Å². The van der Waals surface area contributed by atoms with E-state index in [0.29, 0.717) is 12.1 Å². The molecule has 2 nitrogen and oxygen atoms in total. The van der Waals surface area contributed by atoms with Crippen molar-refractivity contribution in [1.82, 2.24) is 9.97 Å². The summed E-state index contributed by atoms with van der Waals surface area (Å²) in [5.41, 5.74) is -1.33. The van der Waals surface area contributed by atoms with Gasteiger partial charge in [-0.1, -0.05) is 0 Å². The van der Waals surface area contributed by atoms with Crippen LogP contribution in [0.2, 0.25) is 0 Å². The first-order valence-electron chi connectivity index (χ1n) is 4.43. The van der Waals surface area contributed by atoms with Gasteiger partial charge in [-0.05, 0) is 0 Å². The topological polar surface area (TPSA) is 25.8 Å². The van der Waals surface area contributed by atoms with E-state index in [4.69, 9.17) is 0 Å². The monoisotopic (exact) mass is 264 g/mol. The fourth-order valence-corrected chi connectivity index (χ4v) is 1.20. The van der Waals surface area contributed by atoms with Crippen LogP contribution < -0.4 is 0 Å². The number of halogens is 6. The summed E-state index contributed by atoms with van der Waals surface area (Å²) >= 11 is 0. The van der Waals surface area contributed by atoms with E-state index in [9.17, 15) is 26.3 Å². The lowest BCUT2D eigenvalue weighted by atomic mass is 10.2. The molecule has 94 valence electrons. The van der Waals surface area contributed by atoms with Crippen LogP contribution in [-0.4, -0.2) is 9.97 Å². The maximum atomic E-state index is 12.9. The van der Waals surface area contributed by atoms with Crippen LogP contribution in [0.4, 0.5) is 26.3 Å². The highest BCUT2D eigenvalue weighted by Gasteiger charge is 2.18. The van der Waals surface area contributed by atoms with Crippen LogP contribution in [-0.2, 0) is 0 Å². The molecule has 2 rings (SSSR count). The summed E-state index contributed by atoms with van der Waals surface area (Å²) in [5, 5.41) is 0. The van der Waals surface area contributed by atoms with Gasteiger partial charge >= 0.3 is 0 Å². The van der Waals surface area contributed by atoms with E-state index in [2.05, 4.69) is 9.97 Å². The Balaban J connectivity index is 2.63. The van der Waals surface area contributed by atoms with Crippen LogP contribution in [0.1, 0.15) is 0 Å². The van der Waals surface area contributed by atoms with Crippen molar-refractivity contribution in [2.24, 2.45) is 0 Å². The predicted molar refractivity (Wildman–Crippen MR) is 47.2 cm³/mol. The molecule has 0 N–H and O–H groups in total. The standard InChI is InChI=1S/C10H2F6N2/c11-3-1-5(17-9(15)7(3)13)6-2-4(12)8(14)10(16)18-6/h1-2H. The van der Waals surface area contributed by atoms with Crippen molar-refractivity contribution in [1.29, 1.82) is 0 Å². The van der Waals surface area contributed by atoms with Gasteiger partial charge in [-0.25, -0.2) is 18.7 Å². The van der Waals surface area contributed by atoms with E-state index in [0.717, 1.165) is 0 Å². The van der Waals surface area contributed by atoms with Gasteiger partial charge in [0.25, 0.3) is 11.9 Å². The summed E-state index contributed by atoms with van der Waals surface area (Å²) in [6.07, 6.45) is 0. The number of hydrogen-bond acceptors (Lipinski definition) is 2. The molecule has 0 spiro atoms. The van der Waals surface area contributed by atoms with Crippen LogP contribution in [0.25, 0.3) is 11.4 Å². The number of nitrogens with zero attached hydrogens (tertiary/aromatic N) is 2. The lowest BCUT2D eigenvalue weighted by Crippen LogP contribution is -2.01. The first-order valence-corrected chi connectivity index (χ1v) is 4.43. The molecule has 18 heavy (non-hydrogen) atoms. The molecule has 0 unspecified atom stereocenters. The van der Waals surface area contributed by atoms with E-state index in [1.807, 2.05) is 0 Å². The summed E-state index contributed by atoms with van der Waals surface area (Å²) in [6, 6.07) is 0.773. The van der Waals surface area contributed by atoms with Gasteiger partial charge < -0.3 is 0 Å². The van der Waals surface area contributed by atoms with Gasteiger partial charge in [-0.2, -0.15) is 17.6 Å². The molecule has 0 amide bonds. The largest absolute Gasteiger partial charge is 0.252 e. The Kier molecular flexibility index (Phi) is 2.93. The second kappa shape index (κ2) is 4.28. The van der Waals surface area contributed by atoms with Crippen molar-refractivity contribution in [2.45, 2.75) is 0 Å². The Morgan fingerprint density at radius 3 is 1.22 bits per heavy atom. The third kappa shape index (κ3) is 2.01. The average Bonchev–Trinajstić information content (AvgIpc) is 2.31. The zero-order valence-corrected chi connectivity index (χ0v) is 8.32. The van der Waals surface area contributed by atoms with Gasteiger partial charge in [0, 0.05) is 12.1 Å². The summed E-state index contributed by atoms with van der Waals surface area (Å²) in [5.74, 6) is -10.5. The summed E-state index contributed by atoms with van der Waals surface area (Å²) in [7, 11) is 0. The number of rotatable bonds is 1. The van der Waals surface area contributed by atoms with Crippen molar-refractivity contribution < 1.29 is 26.3 Å². The Hall–Kier alpha value is -2.12. The molecule has 0 bridgehead atoms. The molecular formula is C10H2F6N2. The molecule has 0 aromatic carbocycles. The summed E-state index contributed by atoms with van der Waals surface area (Å²) in [6.45, 7) is 0. The smallest absolute Gasteiger partial charge is 0.215 e. The molecular weight excluding hydrogens is 262 g/mol. The van der Waals surface area contributed by atoms with Gasteiger partial charge in [-0.15, -0.1) is 0 Å². The highest BCUT2D eigenvalue weighted by molar-refractivity contribution is 5.53. The van der Waals surface area contributed by atoms with Gasteiger partial charge in [0.15, 0.2) is 11.6 Å². The summed E-state index contributed by atoms with van der Waals surface area (Å²) in [4.78, 5) is 5.83. The van der Waals surface area contributed by atoms with E-state index >= 15 is 0 Å². The third-order valence-corrected chi connectivity index (χ3v) is 2.01. The highest BCUT2D eigenvalue weighted by Crippen LogP contribution is 2.21. The molecule has 2 aromatic heterocycles. The zero-order valence-electron chi connectivity index (χ0n) is 8.32. The molecule has 8 heteroatoms. The third-order valence-electron chi connectivity index (χ3n) is 2.01. The maximum Gasteiger partial charge on any atom is 0.252 e. The van der Waals surface area contributed by atoms with Gasteiger partial charge in [-0.3, -0.25) is 0 Å². The molecule has 0 saturated heterocycles. The van der Waals surface area contributed by atoms with Gasteiger partial charge in [0.05, 0.1) is 11.4 Å². The molecule has 0 radical (unpaired) electrons. The molecule has 0 fully saturated rings. The van der Waals surface area contributed by atoms with Crippen molar-refractivity contribution in [3.8, 4) is 11.4 Å². The fourth-order valence-electron chi connectivity index (χ4n) is 1.20. The highest BCUT2D eigenvalue weighted by atomic mass is 19.2. The Morgan fingerprint density at radius 2 is 0.944 bits per heavy atom. The molecule has 2 aromatic rings. The zero-order chi connectivity index (χ0) is 13.4. The van der Waals surface area contributed by atoms with E-state index in [-0.39, 0.29) is 0 Å². The molecule has 0 atom stereocenters. The SMILES string of the molecule is Fc1cc(-c2cc(F)c(F)c(F)n2)nc(F)c1F. The number of hydrogen-bond donors (Lipinski definition) is 0. The minimum atomic E-state index is -1.83. The number of aromatic nitrogens is 2. The van der Waals surface area contributed by atoms with E-state index in [1.165, 1.54) is 0 Å². The number of pyridine rings is 2. The van der Waals surface area contributed by atoms with Crippen molar-refractivity contribution in [2.75, 3.05) is 0 Å². The van der Waals surface area contributed by atoms with Crippen LogP contribution >= 0.6 is 0 Å². The fraction of sp³-hybridized carbons (Fsp3) is 0. The summed E-state index contributed by atoms with van der Waals surface area (Å²) < 4.78 is 76.5. The second-order valence-corrected chi connectivity index (χ2v) is 3.19. The quantitative estimate of drug-likeness (QED) is 0.584. The lowest BCUT2D eigenvalue weighted by molar-refractivity contribution is 0.423.